The molecule has 0 spiro atoms. The molecule has 0 radical (unpaired) electrons. The number of nitrogens with one attached hydrogen (secondary N) is 1. The van der Waals surface area contributed by atoms with Gasteiger partial charge in [0.05, 0.1) is 6.54 Å². The van der Waals surface area contributed by atoms with Gasteiger partial charge in [0.1, 0.15) is 0 Å². The number of halogens is 1. The van der Waals surface area contributed by atoms with Gasteiger partial charge in [0.25, 0.3) is 0 Å². The van der Waals surface area contributed by atoms with Crippen molar-refractivity contribution in [2.24, 2.45) is 0 Å². The SMILES string of the molecule is CNC(=O)CN1CCC(C)=C(Br)C1. The first-order chi connectivity index (χ1) is 6.13. The maximum atomic E-state index is 11.1. The molecule has 4 heteroatoms. The predicted octanol–water partition coefficient (Wildman–Crippen LogP) is 1.11. The summed E-state index contributed by atoms with van der Waals surface area (Å²) in [4.78, 5) is 13.2. The highest BCUT2D eigenvalue weighted by Crippen LogP contribution is 2.21. The predicted molar refractivity (Wildman–Crippen MR) is 56.8 cm³/mol. The van der Waals surface area contributed by atoms with E-state index < -0.39 is 0 Å². The van der Waals surface area contributed by atoms with Crippen LogP contribution in [0.5, 0.6) is 0 Å². The Morgan fingerprint density at radius 1 is 1.69 bits per heavy atom. The van der Waals surface area contributed by atoms with Crippen molar-refractivity contribution < 1.29 is 4.79 Å². The Kier molecular flexibility index (Phi) is 3.93. The normalized spacial score (nSPS) is 19.0. The molecule has 1 heterocycles. The standard InChI is InChI=1S/C9H15BrN2O/c1-7-3-4-12(5-8(7)10)6-9(13)11-2/h3-6H2,1-2H3,(H,11,13). The topological polar surface area (TPSA) is 32.3 Å². The Morgan fingerprint density at radius 2 is 2.38 bits per heavy atom. The third-order valence-corrected chi connectivity index (χ3v) is 3.20. The summed E-state index contributed by atoms with van der Waals surface area (Å²) in [7, 11) is 1.67. The second kappa shape index (κ2) is 4.77. The van der Waals surface area contributed by atoms with Gasteiger partial charge in [-0.1, -0.05) is 21.5 Å². The van der Waals surface area contributed by atoms with Gasteiger partial charge in [0.2, 0.25) is 5.91 Å². The summed E-state index contributed by atoms with van der Waals surface area (Å²) >= 11 is 3.51. The number of likely N-dealkylation sites (N-methyl/N-ethyl adjacent to an activating group) is 1. The van der Waals surface area contributed by atoms with E-state index in [1.807, 2.05) is 0 Å². The van der Waals surface area contributed by atoms with Crippen LogP contribution in [-0.4, -0.2) is 37.5 Å². The molecule has 0 atom stereocenters. The van der Waals surface area contributed by atoms with Crippen LogP contribution in [0.3, 0.4) is 0 Å². The molecule has 1 amide bonds. The smallest absolute Gasteiger partial charge is 0.233 e. The molecule has 3 nitrogen and oxygen atoms in total. The van der Waals surface area contributed by atoms with Crippen molar-refractivity contribution in [3.8, 4) is 0 Å². The minimum absolute atomic E-state index is 0.0832. The van der Waals surface area contributed by atoms with E-state index in [9.17, 15) is 4.79 Å². The van der Waals surface area contributed by atoms with E-state index in [0.717, 1.165) is 19.5 Å². The van der Waals surface area contributed by atoms with Crippen molar-refractivity contribution in [2.45, 2.75) is 13.3 Å². The highest BCUT2D eigenvalue weighted by molar-refractivity contribution is 9.11. The van der Waals surface area contributed by atoms with E-state index in [1.165, 1.54) is 10.1 Å². The van der Waals surface area contributed by atoms with E-state index in [2.05, 4.69) is 33.1 Å². The second-order valence-electron chi connectivity index (χ2n) is 3.32. The van der Waals surface area contributed by atoms with E-state index in [1.54, 1.807) is 7.05 Å². The van der Waals surface area contributed by atoms with Crippen LogP contribution < -0.4 is 5.32 Å². The third-order valence-electron chi connectivity index (χ3n) is 2.27. The second-order valence-corrected chi connectivity index (χ2v) is 4.28. The van der Waals surface area contributed by atoms with Crippen molar-refractivity contribution in [2.75, 3.05) is 26.7 Å². The Labute approximate surface area is 87.3 Å². The fraction of sp³-hybridized carbons (Fsp3) is 0.667. The van der Waals surface area contributed by atoms with Crippen molar-refractivity contribution >= 4 is 21.8 Å². The first-order valence-corrected chi connectivity index (χ1v) is 5.20. The van der Waals surface area contributed by atoms with Crippen LogP contribution in [0.2, 0.25) is 0 Å². The minimum atomic E-state index is 0.0832. The highest BCUT2D eigenvalue weighted by atomic mass is 79.9. The molecule has 0 saturated carbocycles. The molecule has 0 aromatic carbocycles. The maximum Gasteiger partial charge on any atom is 0.233 e. The average molecular weight is 247 g/mol. The van der Waals surface area contributed by atoms with E-state index in [0.29, 0.717) is 6.54 Å². The number of carbonyl (C=O) groups is 1. The lowest BCUT2D eigenvalue weighted by atomic mass is 10.1. The van der Waals surface area contributed by atoms with Crippen LogP contribution in [0.1, 0.15) is 13.3 Å². The molecule has 0 aromatic heterocycles. The number of amides is 1. The van der Waals surface area contributed by atoms with Crippen molar-refractivity contribution in [1.29, 1.82) is 0 Å². The molecule has 0 aromatic rings. The number of carbonyl (C=O) groups excluding carboxylic acids is 1. The fourth-order valence-corrected chi connectivity index (χ4v) is 1.84. The van der Waals surface area contributed by atoms with Crippen LogP contribution >= 0.6 is 15.9 Å². The summed E-state index contributed by atoms with van der Waals surface area (Å²) in [6.45, 7) is 4.47. The zero-order chi connectivity index (χ0) is 9.84. The van der Waals surface area contributed by atoms with Gasteiger partial charge in [-0.3, -0.25) is 9.69 Å². The van der Waals surface area contributed by atoms with Crippen molar-refractivity contribution in [1.82, 2.24) is 10.2 Å². The summed E-state index contributed by atoms with van der Waals surface area (Å²) in [6.07, 6.45) is 1.05. The van der Waals surface area contributed by atoms with Gasteiger partial charge < -0.3 is 5.32 Å². The van der Waals surface area contributed by atoms with Gasteiger partial charge in [-0.2, -0.15) is 0 Å². The van der Waals surface area contributed by atoms with Gasteiger partial charge in [-0.15, -0.1) is 0 Å². The van der Waals surface area contributed by atoms with Crippen LogP contribution in [0.15, 0.2) is 10.1 Å². The van der Waals surface area contributed by atoms with Gasteiger partial charge in [0.15, 0.2) is 0 Å². The number of hydrogen-bond acceptors (Lipinski definition) is 2. The monoisotopic (exact) mass is 246 g/mol. The van der Waals surface area contributed by atoms with E-state index in [4.69, 9.17) is 0 Å². The molecular weight excluding hydrogens is 232 g/mol. The molecule has 0 unspecified atom stereocenters. The molecule has 0 saturated heterocycles. The molecule has 1 N–H and O–H groups in total. The summed E-state index contributed by atoms with van der Waals surface area (Å²) in [5.74, 6) is 0.0832. The van der Waals surface area contributed by atoms with Gasteiger partial charge in [0, 0.05) is 24.6 Å². The van der Waals surface area contributed by atoms with E-state index >= 15 is 0 Å². The first-order valence-electron chi connectivity index (χ1n) is 4.40. The molecule has 0 fully saturated rings. The molecule has 1 aliphatic rings. The summed E-state index contributed by atoms with van der Waals surface area (Å²) in [6, 6.07) is 0. The summed E-state index contributed by atoms with van der Waals surface area (Å²) < 4.78 is 1.22. The quantitative estimate of drug-likeness (QED) is 0.792. The van der Waals surface area contributed by atoms with Crippen LogP contribution in [0.4, 0.5) is 0 Å². The molecule has 0 bridgehead atoms. The molecule has 13 heavy (non-hydrogen) atoms. The lowest BCUT2D eigenvalue weighted by molar-refractivity contribution is -0.121. The number of rotatable bonds is 2. The van der Waals surface area contributed by atoms with Gasteiger partial charge in [-0.25, -0.2) is 0 Å². The Bertz CT molecular complexity index is 238. The molecule has 74 valence electrons. The molecular formula is C9H15BrN2O. The number of nitrogens with zero attached hydrogens (tertiary/aromatic N) is 1. The molecule has 1 aliphatic heterocycles. The maximum absolute atomic E-state index is 11.1. The van der Waals surface area contributed by atoms with Crippen molar-refractivity contribution in [3.63, 3.8) is 0 Å². The lowest BCUT2D eigenvalue weighted by Gasteiger charge is -2.26. The van der Waals surface area contributed by atoms with Crippen molar-refractivity contribution in [3.05, 3.63) is 10.1 Å². The van der Waals surface area contributed by atoms with Gasteiger partial charge in [-0.05, 0) is 13.3 Å². The van der Waals surface area contributed by atoms with Crippen LogP contribution in [-0.2, 0) is 4.79 Å². The highest BCUT2D eigenvalue weighted by Gasteiger charge is 2.16. The largest absolute Gasteiger partial charge is 0.358 e. The van der Waals surface area contributed by atoms with Crippen LogP contribution in [0.25, 0.3) is 0 Å². The first kappa shape index (κ1) is 10.7. The van der Waals surface area contributed by atoms with E-state index in [-0.39, 0.29) is 5.91 Å². The molecule has 1 rings (SSSR count). The third kappa shape index (κ3) is 3.12. The summed E-state index contributed by atoms with van der Waals surface area (Å²) in [5.41, 5.74) is 1.40. The average Bonchev–Trinajstić information content (AvgIpc) is 2.11. The Hall–Kier alpha value is -0.350. The zero-order valence-corrected chi connectivity index (χ0v) is 9.65. The zero-order valence-electron chi connectivity index (χ0n) is 8.06. The summed E-state index contributed by atoms with van der Waals surface area (Å²) in [5, 5.41) is 2.63. The lowest BCUT2D eigenvalue weighted by Crippen LogP contribution is -2.38. The Balaban J connectivity index is 2.44. The Morgan fingerprint density at radius 3 is 2.92 bits per heavy atom. The molecule has 0 aliphatic carbocycles. The van der Waals surface area contributed by atoms with Crippen LogP contribution in [0, 0.1) is 0 Å². The minimum Gasteiger partial charge on any atom is -0.358 e. The van der Waals surface area contributed by atoms with Gasteiger partial charge >= 0.3 is 0 Å². The number of hydrogen-bond donors (Lipinski definition) is 1. The fourth-order valence-electron chi connectivity index (χ4n) is 1.29.